The van der Waals surface area contributed by atoms with Gasteiger partial charge in [0.15, 0.2) is 0 Å². The summed E-state index contributed by atoms with van der Waals surface area (Å²) in [6, 6.07) is 10.0. The molecule has 0 radical (unpaired) electrons. The van der Waals surface area contributed by atoms with Gasteiger partial charge in [-0.15, -0.1) is 0 Å². The Morgan fingerprint density at radius 1 is 1.40 bits per heavy atom. The highest BCUT2D eigenvalue weighted by molar-refractivity contribution is 5.88. The SMILES string of the molecule is C[C@H]1C[C@@H]1COC(=O)c1cnn(Cc2ccccc2)c1. The van der Waals surface area contributed by atoms with Crippen LogP contribution in [-0.2, 0) is 11.3 Å². The Kier molecular flexibility index (Phi) is 3.54. The maximum atomic E-state index is 11.9. The lowest BCUT2D eigenvalue weighted by Gasteiger charge is -2.02. The first-order valence-electron chi connectivity index (χ1n) is 6.96. The molecule has 2 atom stereocenters. The standard InChI is InChI=1S/C16H18N2O2/c1-12-7-14(12)11-20-16(19)15-8-17-18(10-15)9-13-5-3-2-4-6-13/h2-6,8,10,12,14H,7,9,11H2,1H3/t12-,14+/m0/s1. The zero-order valence-corrected chi connectivity index (χ0v) is 11.5. The summed E-state index contributed by atoms with van der Waals surface area (Å²) in [6.07, 6.45) is 4.48. The van der Waals surface area contributed by atoms with Crippen LogP contribution in [0.2, 0.25) is 0 Å². The van der Waals surface area contributed by atoms with Crippen molar-refractivity contribution < 1.29 is 9.53 Å². The number of hydrogen-bond acceptors (Lipinski definition) is 3. The van der Waals surface area contributed by atoms with Gasteiger partial charge in [0.25, 0.3) is 0 Å². The summed E-state index contributed by atoms with van der Waals surface area (Å²) < 4.78 is 7.05. The molecule has 3 rings (SSSR count). The van der Waals surface area contributed by atoms with E-state index < -0.39 is 0 Å². The monoisotopic (exact) mass is 270 g/mol. The average molecular weight is 270 g/mol. The fourth-order valence-corrected chi connectivity index (χ4v) is 2.22. The number of carbonyl (C=O) groups is 1. The number of aromatic nitrogens is 2. The molecule has 1 heterocycles. The van der Waals surface area contributed by atoms with E-state index in [1.165, 1.54) is 6.42 Å². The second-order valence-corrected chi connectivity index (χ2v) is 5.48. The zero-order valence-electron chi connectivity index (χ0n) is 11.5. The summed E-state index contributed by atoms with van der Waals surface area (Å²) in [5.74, 6) is 0.977. The molecule has 1 aromatic carbocycles. The van der Waals surface area contributed by atoms with Crippen molar-refractivity contribution in [2.24, 2.45) is 11.8 Å². The first-order valence-corrected chi connectivity index (χ1v) is 6.96. The molecule has 0 unspecified atom stereocenters. The van der Waals surface area contributed by atoms with Gasteiger partial charge in [0, 0.05) is 6.20 Å². The van der Waals surface area contributed by atoms with Crippen molar-refractivity contribution in [1.82, 2.24) is 9.78 Å². The molecule has 104 valence electrons. The molecule has 0 saturated heterocycles. The van der Waals surface area contributed by atoms with Crippen LogP contribution in [0.25, 0.3) is 0 Å². The Labute approximate surface area is 118 Å². The van der Waals surface area contributed by atoms with Crippen molar-refractivity contribution in [3.05, 3.63) is 53.9 Å². The number of hydrogen-bond donors (Lipinski definition) is 0. The first-order chi connectivity index (χ1) is 9.72. The smallest absolute Gasteiger partial charge is 0.341 e. The molecule has 1 aromatic heterocycles. The molecular weight excluding hydrogens is 252 g/mol. The third-order valence-corrected chi connectivity index (χ3v) is 3.76. The second kappa shape index (κ2) is 5.49. The van der Waals surface area contributed by atoms with E-state index in [0.29, 0.717) is 30.6 Å². The lowest BCUT2D eigenvalue weighted by atomic mass is 10.2. The van der Waals surface area contributed by atoms with E-state index in [1.54, 1.807) is 17.1 Å². The minimum atomic E-state index is -0.275. The van der Waals surface area contributed by atoms with Crippen LogP contribution in [0.1, 0.15) is 29.3 Å². The molecule has 1 aliphatic carbocycles. The van der Waals surface area contributed by atoms with Gasteiger partial charge in [-0.05, 0) is 23.8 Å². The van der Waals surface area contributed by atoms with E-state index in [-0.39, 0.29) is 5.97 Å². The molecule has 0 amide bonds. The minimum absolute atomic E-state index is 0.275. The minimum Gasteiger partial charge on any atom is -0.462 e. The molecular formula is C16H18N2O2. The Hall–Kier alpha value is -2.10. The van der Waals surface area contributed by atoms with Crippen LogP contribution < -0.4 is 0 Å². The summed E-state index contributed by atoms with van der Waals surface area (Å²) in [6.45, 7) is 3.37. The van der Waals surface area contributed by atoms with Crippen molar-refractivity contribution in [3.63, 3.8) is 0 Å². The van der Waals surface area contributed by atoms with E-state index in [2.05, 4.69) is 12.0 Å². The van der Waals surface area contributed by atoms with Gasteiger partial charge in [-0.25, -0.2) is 4.79 Å². The summed E-state index contributed by atoms with van der Waals surface area (Å²) in [5.41, 5.74) is 1.68. The number of benzene rings is 1. The molecule has 4 heteroatoms. The van der Waals surface area contributed by atoms with Crippen molar-refractivity contribution >= 4 is 5.97 Å². The highest BCUT2D eigenvalue weighted by Crippen LogP contribution is 2.37. The highest BCUT2D eigenvalue weighted by Gasteiger charge is 2.33. The van der Waals surface area contributed by atoms with Gasteiger partial charge in [-0.2, -0.15) is 5.10 Å². The normalized spacial score (nSPS) is 20.6. The molecule has 1 saturated carbocycles. The Bertz CT molecular complexity index is 592. The summed E-state index contributed by atoms with van der Waals surface area (Å²) >= 11 is 0. The molecule has 0 N–H and O–H groups in total. The topological polar surface area (TPSA) is 44.1 Å². The van der Waals surface area contributed by atoms with Crippen molar-refractivity contribution in [2.75, 3.05) is 6.61 Å². The van der Waals surface area contributed by atoms with Gasteiger partial charge >= 0.3 is 5.97 Å². The lowest BCUT2D eigenvalue weighted by molar-refractivity contribution is 0.0481. The predicted octanol–water partition coefficient (Wildman–Crippen LogP) is 2.74. The number of nitrogens with zero attached hydrogens (tertiary/aromatic N) is 2. The van der Waals surface area contributed by atoms with Crippen molar-refractivity contribution in [1.29, 1.82) is 0 Å². The zero-order chi connectivity index (χ0) is 13.9. The van der Waals surface area contributed by atoms with Crippen LogP contribution >= 0.6 is 0 Å². The number of esters is 1. The van der Waals surface area contributed by atoms with Crippen LogP contribution in [0, 0.1) is 11.8 Å². The molecule has 0 spiro atoms. The largest absolute Gasteiger partial charge is 0.462 e. The number of carbonyl (C=O) groups excluding carboxylic acids is 1. The van der Waals surface area contributed by atoms with Gasteiger partial charge < -0.3 is 4.74 Å². The Morgan fingerprint density at radius 2 is 2.15 bits per heavy atom. The molecule has 20 heavy (non-hydrogen) atoms. The molecule has 4 nitrogen and oxygen atoms in total. The third-order valence-electron chi connectivity index (χ3n) is 3.76. The fraction of sp³-hybridized carbons (Fsp3) is 0.375. The molecule has 0 aliphatic heterocycles. The predicted molar refractivity (Wildman–Crippen MR) is 75.3 cm³/mol. The van der Waals surface area contributed by atoms with Crippen LogP contribution in [-0.4, -0.2) is 22.4 Å². The van der Waals surface area contributed by atoms with Gasteiger partial charge in [-0.3, -0.25) is 4.68 Å². The highest BCUT2D eigenvalue weighted by atomic mass is 16.5. The van der Waals surface area contributed by atoms with Crippen molar-refractivity contribution in [2.45, 2.75) is 19.9 Å². The Morgan fingerprint density at radius 3 is 2.85 bits per heavy atom. The van der Waals surface area contributed by atoms with Crippen LogP contribution in [0.5, 0.6) is 0 Å². The Balaban J connectivity index is 1.57. The van der Waals surface area contributed by atoms with Crippen LogP contribution in [0.4, 0.5) is 0 Å². The average Bonchev–Trinajstić information content (AvgIpc) is 2.97. The fourth-order valence-electron chi connectivity index (χ4n) is 2.22. The first kappa shape index (κ1) is 12.9. The molecule has 2 aromatic rings. The van der Waals surface area contributed by atoms with Gasteiger partial charge in [0.1, 0.15) is 0 Å². The molecule has 0 bridgehead atoms. The van der Waals surface area contributed by atoms with Crippen molar-refractivity contribution in [3.8, 4) is 0 Å². The van der Waals surface area contributed by atoms with Gasteiger partial charge in [-0.1, -0.05) is 37.3 Å². The van der Waals surface area contributed by atoms with Gasteiger partial charge in [0.05, 0.1) is 24.9 Å². The number of ether oxygens (including phenoxy) is 1. The van der Waals surface area contributed by atoms with E-state index in [9.17, 15) is 4.79 Å². The summed E-state index contributed by atoms with van der Waals surface area (Å²) in [5, 5.41) is 4.21. The number of rotatable bonds is 5. The van der Waals surface area contributed by atoms with E-state index in [1.807, 2.05) is 30.3 Å². The van der Waals surface area contributed by atoms with E-state index in [0.717, 1.165) is 5.56 Å². The van der Waals surface area contributed by atoms with Gasteiger partial charge in [0.2, 0.25) is 0 Å². The maximum absolute atomic E-state index is 11.9. The summed E-state index contributed by atoms with van der Waals surface area (Å²) in [4.78, 5) is 11.9. The third kappa shape index (κ3) is 3.07. The lowest BCUT2D eigenvalue weighted by Crippen LogP contribution is -2.07. The molecule has 1 fully saturated rings. The molecule has 1 aliphatic rings. The summed E-state index contributed by atoms with van der Waals surface area (Å²) in [7, 11) is 0. The van der Waals surface area contributed by atoms with E-state index >= 15 is 0 Å². The maximum Gasteiger partial charge on any atom is 0.341 e. The van der Waals surface area contributed by atoms with Crippen LogP contribution in [0.3, 0.4) is 0 Å². The van der Waals surface area contributed by atoms with Crippen LogP contribution in [0.15, 0.2) is 42.7 Å². The second-order valence-electron chi connectivity index (χ2n) is 5.48. The van der Waals surface area contributed by atoms with E-state index in [4.69, 9.17) is 4.74 Å². The quantitative estimate of drug-likeness (QED) is 0.785.